The predicted molar refractivity (Wildman–Crippen MR) is 114 cm³/mol. The highest BCUT2D eigenvalue weighted by Crippen LogP contribution is 2.35. The van der Waals surface area contributed by atoms with Gasteiger partial charge in [-0.05, 0) is 25.1 Å². The Hall–Kier alpha value is -3.61. The molecule has 3 amide bonds. The van der Waals surface area contributed by atoms with Crippen LogP contribution in [0.3, 0.4) is 0 Å². The topological polar surface area (TPSA) is 97.2 Å². The maximum Gasteiger partial charge on any atom is 0.419 e. The Morgan fingerprint density at radius 3 is 2.62 bits per heavy atom. The second-order valence-corrected chi connectivity index (χ2v) is 8.57. The molecule has 3 aromatic rings. The number of hydrogen-bond donors (Lipinski definition) is 1. The average Bonchev–Trinajstić information content (AvgIpc) is 3.35. The summed E-state index contributed by atoms with van der Waals surface area (Å²) >= 11 is 0.977. The lowest BCUT2D eigenvalue weighted by molar-refractivity contribution is -0.140. The molecule has 1 aliphatic rings. The Labute approximate surface area is 194 Å². The van der Waals surface area contributed by atoms with Gasteiger partial charge in [-0.15, -0.1) is 11.3 Å². The van der Waals surface area contributed by atoms with E-state index >= 15 is 0 Å². The number of aryl methyl sites for hydroxylation is 1. The first-order valence-electron chi connectivity index (χ1n) is 9.88. The molecule has 0 saturated heterocycles. The quantitative estimate of drug-likeness (QED) is 0.441. The molecule has 2 aromatic heterocycles. The Kier molecular flexibility index (Phi) is 5.75. The molecule has 13 heteroatoms. The fourth-order valence-corrected chi connectivity index (χ4v) is 4.41. The second-order valence-electron chi connectivity index (χ2n) is 7.71. The summed E-state index contributed by atoms with van der Waals surface area (Å²) in [5.41, 5.74) is -0.433. The molecular formula is C21H17F4N5O3S. The first-order valence-corrected chi connectivity index (χ1v) is 10.8. The van der Waals surface area contributed by atoms with Crippen LogP contribution in [0, 0.1) is 5.82 Å². The van der Waals surface area contributed by atoms with E-state index in [0.717, 1.165) is 22.3 Å². The zero-order valence-electron chi connectivity index (χ0n) is 18.0. The van der Waals surface area contributed by atoms with Crippen molar-refractivity contribution in [2.75, 3.05) is 12.4 Å². The number of nitrogens with one attached hydrogen (secondary N) is 1. The monoisotopic (exact) mass is 495 g/mol. The molecule has 1 aliphatic heterocycles. The molecule has 8 nitrogen and oxygen atoms in total. The molecule has 0 aliphatic carbocycles. The number of anilines is 1. The molecule has 1 N–H and O–H groups in total. The van der Waals surface area contributed by atoms with Gasteiger partial charge in [0.2, 0.25) is 11.8 Å². The lowest BCUT2D eigenvalue weighted by Gasteiger charge is -2.25. The second kappa shape index (κ2) is 8.31. The van der Waals surface area contributed by atoms with Crippen molar-refractivity contribution >= 4 is 34.2 Å². The predicted octanol–water partition coefficient (Wildman–Crippen LogP) is 3.60. The van der Waals surface area contributed by atoms with Crippen molar-refractivity contribution in [3.63, 3.8) is 0 Å². The number of amides is 3. The van der Waals surface area contributed by atoms with Gasteiger partial charge >= 0.3 is 6.18 Å². The highest BCUT2D eigenvalue weighted by Gasteiger charge is 2.39. The zero-order valence-corrected chi connectivity index (χ0v) is 18.8. The van der Waals surface area contributed by atoms with Gasteiger partial charge in [0.25, 0.3) is 5.91 Å². The number of nitrogens with zero attached hydrogens (tertiary/aromatic N) is 4. The molecule has 1 unspecified atom stereocenters. The first kappa shape index (κ1) is 23.5. The third-order valence-electron chi connectivity index (χ3n) is 5.47. The maximum absolute atomic E-state index is 13.5. The minimum Gasteiger partial charge on any atom is -0.302 e. The van der Waals surface area contributed by atoms with E-state index in [1.807, 2.05) is 0 Å². The molecule has 0 fully saturated rings. The number of likely N-dealkylation sites (N-methyl/N-ethyl adjacent to an activating group) is 1. The number of benzene rings is 1. The van der Waals surface area contributed by atoms with E-state index in [4.69, 9.17) is 0 Å². The van der Waals surface area contributed by atoms with Crippen LogP contribution in [0.5, 0.6) is 0 Å². The summed E-state index contributed by atoms with van der Waals surface area (Å²) < 4.78 is 53.9. The van der Waals surface area contributed by atoms with Gasteiger partial charge in [-0.25, -0.2) is 9.37 Å². The number of carbonyl (C=O) groups excluding carboxylic acids is 3. The van der Waals surface area contributed by atoms with Gasteiger partial charge in [0, 0.05) is 25.0 Å². The van der Waals surface area contributed by atoms with Crippen LogP contribution in [0.4, 0.5) is 22.7 Å². The summed E-state index contributed by atoms with van der Waals surface area (Å²) in [6.45, 7) is 1.62. The lowest BCUT2D eigenvalue weighted by Crippen LogP contribution is -2.41. The SMILES string of the molecule is CC1C(=O)N(C)C(=O)c2c1nn(C)c2CC(=O)Nc1nc(-c2ccc(F)c(C(F)(F)F)c2)cs1. The number of thiazole rings is 1. The summed E-state index contributed by atoms with van der Waals surface area (Å²) in [4.78, 5) is 42.6. The standard InChI is InChI=1S/C21H17F4N5O3S/c1-9-17-16(19(33)29(2)18(9)32)14(30(3)28-17)7-15(31)27-20-26-13(8-34-20)10-4-5-12(22)11(6-10)21(23,24)25/h4-6,8-9H,7H2,1-3H3,(H,26,27,31). The minimum atomic E-state index is -4.86. The Bertz CT molecular complexity index is 1330. The third-order valence-corrected chi connectivity index (χ3v) is 6.23. The van der Waals surface area contributed by atoms with Gasteiger partial charge in [-0.2, -0.15) is 18.3 Å². The lowest BCUT2D eigenvalue weighted by atomic mass is 9.94. The molecule has 0 saturated carbocycles. The van der Waals surface area contributed by atoms with Crippen LogP contribution in [-0.2, 0) is 29.2 Å². The van der Waals surface area contributed by atoms with Crippen LogP contribution in [0.25, 0.3) is 11.3 Å². The van der Waals surface area contributed by atoms with E-state index in [1.54, 1.807) is 14.0 Å². The van der Waals surface area contributed by atoms with E-state index in [0.29, 0.717) is 23.5 Å². The summed E-state index contributed by atoms with van der Waals surface area (Å²) in [5.74, 6) is -3.52. The zero-order chi connectivity index (χ0) is 24.9. The number of halogens is 4. The van der Waals surface area contributed by atoms with Crippen LogP contribution in [0.2, 0.25) is 0 Å². The number of rotatable bonds is 4. The van der Waals surface area contributed by atoms with E-state index < -0.39 is 41.2 Å². The van der Waals surface area contributed by atoms with E-state index in [1.165, 1.54) is 17.1 Å². The van der Waals surface area contributed by atoms with E-state index in [-0.39, 0.29) is 28.4 Å². The van der Waals surface area contributed by atoms with Crippen molar-refractivity contribution in [2.24, 2.45) is 7.05 Å². The highest BCUT2D eigenvalue weighted by molar-refractivity contribution is 7.14. The number of hydrogen-bond acceptors (Lipinski definition) is 6. The van der Waals surface area contributed by atoms with Crippen LogP contribution in [0.15, 0.2) is 23.6 Å². The van der Waals surface area contributed by atoms with Gasteiger partial charge in [0.15, 0.2) is 5.13 Å². The van der Waals surface area contributed by atoms with Crippen molar-refractivity contribution < 1.29 is 31.9 Å². The summed E-state index contributed by atoms with van der Waals surface area (Å²) in [7, 11) is 2.91. The summed E-state index contributed by atoms with van der Waals surface area (Å²) in [6.07, 6.45) is -5.11. The van der Waals surface area contributed by atoms with Crippen molar-refractivity contribution in [2.45, 2.75) is 25.4 Å². The molecule has 0 spiro atoms. The van der Waals surface area contributed by atoms with Crippen LogP contribution in [-0.4, -0.2) is 44.4 Å². The number of alkyl halides is 3. The fraction of sp³-hybridized carbons (Fsp3) is 0.286. The van der Waals surface area contributed by atoms with Crippen LogP contribution < -0.4 is 5.32 Å². The fourth-order valence-electron chi connectivity index (χ4n) is 3.68. The third kappa shape index (κ3) is 4.06. The Balaban J connectivity index is 1.54. The normalized spacial score (nSPS) is 16.1. The van der Waals surface area contributed by atoms with Crippen LogP contribution >= 0.6 is 11.3 Å². The molecule has 1 aromatic carbocycles. The Morgan fingerprint density at radius 2 is 1.94 bits per heavy atom. The number of imide groups is 1. The Morgan fingerprint density at radius 1 is 1.24 bits per heavy atom. The maximum atomic E-state index is 13.5. The van der Waals surface area contributed by atoms with Crippen molar-refractivity contribution in [3.8, 4) is 11.3 Å². The molecular weight excluding hydrogens is 478 g/mol. The number of fused-ring (bicyclic) bond motifs is 1. The summed E-state index contributed by atoms with van der Waals surface area (Å²) in [6, 6.07) is 2.53. The molecule has 3 heterocycles. The van der Waals surface area contributed by atoms with Gasteiger partial charge in [0.05, 0.1) is 40.5 Å². The highest BCUT2D eigenvalue weighted by atomic mass is 32.1. The van der Waals surface area contributed by atoms with Crippen molar-refractivity contribution in [3.05, 3.63) is 51.9 Å². The molecule has 1 atom stereocenters. The smallest absolute Gasteiger partial charge is 0.302 e. The first-order chi connectivity index (χ1) is 15.9. The molecule has 34 heavy (non-hydrogen) atoms. The van der Waals surface area contributed by atoms with Crippen molar-refractivity contribution in [1.29, 1.82) is 0 Å². The van der Waals surface area contributed by atoms with E-state index in [2.05, 4.69) is 15.4 Å². The van der Waals surface area contributed by atoms with E-state index in [9.17, 15) is 31.9 Å². The van der Waals surface area contributed by atoms with Gasteiger partial charge < -0.3 is 5.32 Å². The number of carbonyl (C=O) groups is 3. The van der Waals surface area contributed by atoms with Gasteiger partial charge in [0.1, 0.15) is 5.82 Å². The van der Waals surface area contributed by atoms with Crippen LogP contribution in [0.1, 0.15) is 40.2 Å². The number of aromatic nitrogens is 3. The minimum absolute atomic E-state index is 0.0402. The van der Waals surface area contributed by atoms with Gasteiger partial charge in [-0.3, -0.25) is 24.0 Å². The largest absolute Gasteiger partial charge is 0.419 e. The molecule has 0 bridgehead atoms. The van der Waals surface area contributed by atoms with Crippen molar-refractivity contribution in [1.82, 2.24) is 19.7 Å². The average molecular weight is 495 g/mol. The molecule has 0 radical (unpaired) electrons. The summed E-state index contributed by atoms with van der Waals surface area (Å²) in [5, 5.41) is 8.33. The van der Waals surface area contributed by atoms with Gasteiger partial charge in [-0.1, -0.05) is 0 Å². The molecule has 4 rings (SSSR count). The molecule has 178 valence electrons.